The molecule has 0 saturated carbocycles. The van der Waals surface area contributed by atoms with Gasteiger partial charge < -0.3 is 16.2 Å². The predicted molar refractivity (Wildman–Crippen MR) is 160 cm³/mol. The maximum absolute atomic E-state index is 13.6. The van der Waals surface area contributed by atoms with Gasteiger partial charge in [0.15, 0.2) is 0 Å². The summed E-state index contributed by atoms with van der Waals surface area (Å²) in [6, 6.07) is 12.5. The number of benzene rings is 2. The van der Waals surface area contributed by atoms with E-state index in [0.29, 0.717) is 30.8 Å². The van der Waals surface area contributed by atoms with E-state index in [1.54, 1.807) is 70.2 Å². The van der Waals surface area contributed by atoms with Gasteiger partial charge >= 0.3 is 5.97 Å². The van der Waals surface area contributed by atoms with Gasteiger partial charge in [0.25, 0.3) is 0 Å². The summed E-state index contributed by atoms with van der Waals surface area (Å²) in [7, 11) is -4.03. The largest absolute Gasteiger partial charge is 0.480 e. The van der Waals surface area contributed by atoms with Crippen molar-refractivity contribution in [1.82, 2.24) is 9.62 Å². The normalized spacial score (nSPS) is 20.0. The van der Waals surface area contributed by atoms with Crippen molar-refractivity contribution in [1.29, 1.82) is 0 Å². The average molecular weight is 603 g/mol. The van der Waals surface area contributed by atoms with Crippen LogP contribution in [0.5, 0.6) is 0 Å². The number of hydrogen-bond acceptors (Lipinski definition) is 7. The summed E-state index contributed by atoms with van der Waals surface area (Å²) >= 11 is 1.34. The van der Waals surface area contributed by atoms with Crippen LogP contribution < -0.4 is 11.1 Å². The van der Waals surface area contributed by atoms with Gasteiger partial charge in [0.2, 0.25) is 15.9 Å². The molecule has 0 radical (unpaired) electrons. The van der Waals surface area contributed by atoms with Gasteiger partial charge in [-0.15, -0.1) is 11.8 Å². The van der Waals surface area contributed by atoms with Crippen molar-refractivity contribution in [2.45, 2.75) is 80.5 Å². The number of ketones is 1. The van der Waals surface area contributed by atoms with Crippen molar-refractivity contribution in [2.24, 2.45) is 10.7 Å². The topological polar surface area (TPSA) is 159 Å². The van der Waals surface area contributed by atoms with Gasteiger partial charge in [-0.05, 0) is 57.4 Å². The molecule has 3 atom stereocenters. The van der Waals surface area contributed by atoms with Crippen LogP contribution in [0.1, 0.15) is 51.7 Å². The van der Waals surface area contributed by atoms with E-state index >= 15 is 0 Å². The molecule has 4 N–H and O–H groups in total. The van der Waals surface area contributed by atoms with Crippen LogP contribution in [0, 0.1) is 0 Å². The summed E-state index contributed by atoms with van der Waals surface area (Å²) in [4.78, 5) is 42.1. The molecule has 3 rings (SSSR count). The number of Topliss-reactive ketones (excluding diaryl/α,β-unsaturated/α-hetero) is 1. The first-order chi connectivity index (χ1) is 19.2. The number of amides is 1. The number of thioether (sulfide) groups is 1. The Kier molecular flexibility index (Phi) is 10.7. The van der Waals surface area contributed by atoms with Crippen LogP contribution in [0.4, 0.5) is 0 Å². The molecule has 10 nitrogen and oxygen atoms in total. The second-order valence-electron chi connectivity index (χ2n) is 10.6. The molecule has 1 amide bonds. The number of carbonyl (C=O) groups is 3. The van der Waals surface area contributed by atoms with Crippen LogP contribution in [0.3, 0.4) is 0 Å². The summed E-state index contributed by atoms with van der Waals surface area (Å²) in [5, 5.41) is 12.0. The van der Waals surface area contributed by atoms with Gasteiger partial charge in [-0.3, -0.25) is 14.6 Å². The van der Waals surface area contributed by atoms with E-state index in [2.05, 4.69) is 10.3 Å². The van der Waals surface area contributed by atoms with Crippen molar-refractivity contribution in [3.63, 3.8) is 0 Å². The Morgan fingerprint density at radius 1 is 1.10 bits per heavy atom. The average Bonchev–Trinajstić information content (AvgIpc) is 3.16. The molecule has 2 aromatic rings. The third kappa shape index (κ3) is 8.40. The molecule has 0 aliphatic carbocycles. The van der Waals surface area contributed by atoms with Crippen LogP contribution in [0.2, 0.25) is 0 Å². The molecule has 0 bridgehead atoms. The monoisotopic (exact) mass is 602 g/mol. The second kappa shape index (κ2) is 13.6. The van der Waals surface area contributed by atoms with E-state index in [1.165, 1.54) is 28.2 Å². The summed E-state index contributed by atoms with van der Waals surface area (Å²) in [6.45, 7) is 7.48. The number of amidine groups is 1. The number of nitrogens with zero attached hydrogens (tertiary/aromatic N) is 2. The second-order valence-corrected chi connectivity index (χ2v) is 14.4. The van der Waals surface area contributed by atoms with Crippen molar-refractivity contribution in [2.75, 3.05) is 6.54 Å². The van der Waals surface area contributed by atoms with E-state index in [4.69, 9.17) is 5.73 Å². The highest BCUT2D eigenvalue weighted by atomic mass is 32.2. The number of nitrogens with two attached hydrogens (primary N) is 1. The van der Waals surface area contributed by atoms with Crippen molar-refractivity contribution in [3.05, 3.63) is 65.7 Å². The maximum atomic E-state index is 13.6. The fourth-order valence-corrected chi connectivity index (χ4v) is 8.64. The minimum atomic E-state index is -4.03. The summed E-state index contributed by atoms with van der Waals surface area (Å²) in [5.41, 5.74) is 6.95. The van der Waals surface area contributed by atoms with E-state index in [1.807, 2.05) is 0 Å². The summed E-state index contributed by atoms with van der Waals surface area (Å²) in [6.07, 6.45) is 1.25. The lowest BCUT2D eigenvalue weighted by Crippen LogP contribution is -2.57. The molecule has 1 saturated heterocycles. The van der Waals surface area contributed by atoms with Crippen molar-refractivity contribution in [3.8, 4) is 0 Å². The Morgan fingerprint density at radius 3 is 2.29 bits per heavy atom. The zero-order valence-corrected chi connectivity index (χ0v) is 25.4. The highest BCUT2D eigenvalue weighted by Crippen LogP contribution is 2.46. The van der Waals surface area contributed by atoms with Gasteiger partial charge in [0.05, 0.1) is 16.1 Å². The molecular formula is C29H38N4O6S2. The van der Waals surface area contributed by atoms with Crippen LogP contribution >= 0.6 is 11.8 Å². The Labute approximate surface area is 245 Å². The number of sulfonamides is 1. The Morgan fingerprint density at radius 2 is 1.71 bits per heavy atom. The quantitative estimate of drug-likeness (QED) is 0.179. The number of carboxylic acids is 1. The molecule has 12 heteroatoms. The van der Waals surface area contributed by atoms with Crippen LogP contribution in [-0.2, 0) is 37.2 Å². The Balaban J connectivity index is 1.70. The van der Waals surface area contributed by atoms with Gasteiger partial charge in [-0.1, -0.05) is 42.5 Å². The van der Waals surface area contributed by atoms with Crippen LogP contribution in [0.15, 0.2) is 64.5 Å². The number of carboxylic acid groups (broad SMARTS) is 1. The van der Waals surface area contributed by atoms with Crippen LogP contribution in [-0.4, -0.2) is 70.1 Å². The first kappa shape index (κ1) is 32.3. The molecule has 41 heavy (non-hydrogen) atoms. The van der Waals surface area contributed by atoms with Gasteiger partial charge in [-0.25, -0.2) is 13.2 Å². The molecule has 1 unspecified atom stereocenters. The number of aliphatic imine (C=N–C) groups is 1. The standard InChI is InChI=1S/C29H38N4O6S2/c1-19(30)31-16-8-9-23(34)17-21-12-14-22(15-13-21)18-25(28(36)37)32-27(35)26-29(3,4)40-20(2)33(26)41(38,39)24-10-6-5-7-11-24/h5-7,10-15,20,25-26H,8-9,16-18H2,1-4H3,(H2,30,31)(H,32,35)(H,36,37)/t20?,25-,26+/m0/s1. The molecule has 1 aliphatic rings. The number of carbonyl (C=O) groups excluding carboxylic acids is 2. The minimum Gasteiger partial charge on any atom is -0.480 e. The number of nitrogens with one attached hydrogen (secondary N) is 1. The van der Waals surface area contributed by atoms with E-state index in [-0.39, 0.29) is 23.5 Å². The molecule has 2 aromatic carbocycles. The van der Waals surface area contributed by atoms with Gasteiger partial charge in [0.1, 0.15) is 17.9 Å². The SMILES string of the molecule is CC(N)=NCCCC(=O)Cc1ccc(C[C@H](NC(=O)[C@H]2N(S(=O)(=O)c3ccccc3)C(C)SC2(C)C)C(=O)O)cc1. The number of hydrogen-bond donors (Lipinski definition) is 3. The first-order valence-electron chi connectivity index (χ1n) is 13.4. The maximum Gasteiger partial charge on any atom is 0.326 e. The molecule has 222 valence electrons. The van der Waals surface area contributed by atoms with Crippen molar-refractivity contribution < 1.29 is 27.9 Å². The first-order valence-corrected chi connectivity index (χ1v) is 15.7. The number of aliphatic carboxylic acids is 1. The Bertz CT molecular complexity index is 1370. The molecule has 1 fully saturated rings. The zero-order valence-electron chi connectivity index (χ0n) is 23.7. The summed E-state index contributed by atoms with van der Waals surface area (Å²) in [5.74, 6) is -1.35. The number of rotatable bonds is 13. The molecular weight excluding hydrogens is 564 g/mol. The van der Waals surface area contributed by atoms with Crippen molar-refractivity contribution >= 4 is 45.3 Å². The van der Waals surface area contributed by atoms with Gasteiger partial charge in [-0.2, -0.15) is 4.31 Å². The summed E-state index contributed by atoms with van der Waals surface area (Å²) < 4.78 is 27.5. The fraction of sp³-hybridized carbons (Fsp3) is 0.448. The van der Waals surface area contributed by atoms with Gasteiger partial charge in [0, 0.05) is 30.6 Å². The van der Waals surface area contributed by atoms with E-state index in [0.717, 1.165) is 5.56 Å². The Hall–Kier alpha value is -3.22. The predicted octanol–water partition coefficient (Wildman–Crippen LogP) is 3.00. The minimum absolute atomic E-state index is 0.00692. The zero-order chi connectivity index (χ0) is 30.4. The molecule has 0 spiro atoms. The smallest absolute Gasteiger partial charge is 0.326 e. The third-order valence-corrected chi connectivity index (χ3v) is 10.2. The molecule has 1 heterocycles. The molecule has 1 aliphatic heterocycles. The highest BCUT2D eigenvalue weighted by Gasteiger charge is 2.55. The lowest BCUT2D eigenvalue weighted by atomic mass is 9.99. The van der Waals surface area contributed by atoms with Crippen LogP contribution in [0.25, 0.3) is 0 Å². The lowest BCUT2D eigenvalue weighted by molar-refractivity contribution is -0.142. The molecule has 0 aromatic heterocycles. The van der Waals surface area contributed by atoms with E-state index < -0.39 is 44.1 Å². The van der Waals surface area contributed by atoms with E-state index in [9.17, 15) is 27.9 Å². The highest BCUT2D eigenvalue weighted by molar-refractivity contribution is 8.02. The fourth-order valence-electron chi connectivity index (χ4n) is 4.88. The third-order valence-electron chi connectivity index (χ3n) is 6.77. The lowest BCUT2D eigenvalue weighted by Gasteiger charge is -2.31.